The lowest BCUT2D eigenvalue weighted by Gasteiger charge is -2.37. The van der Waals surface area contributed by atoms with Gasteiger partial charge in [-0.2, -0.15) is 10.1 Å². The first-order valence-electron chi connectivity index (χ1n) is 8.15. The van der Waals surface area contributed by atoms with Gasteiger partial charge in [-0.05, 0) is 69.8 Å². The van der Waals surface area contributed by atoms with Crippen LogP contribution in [0.3, 0.4) is 0 Å². The molecule has 2 saturated carbocycles. The molecule has 0 unspecified atom stereocenters. The number of imide groups is 1. The van der Waals surface area contributed by atoms with Crippen molar-refractivity contribution >= 4 is 34.0 Å². The summed E-state index contributed by atoms with van der Waals surface area (Å²) in [5, 5.41) is 14.8. The number of hydrogen-bond donors (Lipinski definition) is 1. The van der Waals surface area contributed by atoms with Crippen LogP contribution in [-0.2, 0) is 9.59 Å². The fourth-order valence-electron chi connectivity index (χ4n) is 4.78. The first kappa shape index (κ1) is 14.4. The molecule has 1 aromatic rings. The summed E-state index contributed by atoms with van der Waals surface area (Å²) in [6.07, 6.45) is 6.94. The van der Waals surface area contributed by atoms with E-state index in [0.717, 1.165) is 11.4 Å². The smallest absolute Gasteiger partial charge is 0.254 e. The summed E-state index contributed by atoms with van der Waals surface area (Å²) in [5.74, 6) is 0.972. The number of allylic oxidation sites excluding steroid dienone is 2. The number of phenols is 1. The molecule has 6 heteroatoms. The predicted molar refractivity (Wildman–Crippen MR) is 90.0 cm³/mol. The molecule has 6 atom stereocenters. The van der Waals surface area contributed by atoms with Gasteiger partial charge in [0.25, 0.3) is 11.8 Å². The zero-order valence-corrected chi connectivity index (χ0v) is 14.3. The first-order valence-corrected chi connectivity index (χ1v) is 8.94. The van der Waals surface area contributed by atoms with Gasteiger partial charge in [-0.3, -0.25) is 9.59 Å². The number of hydrazone groups is 1. The minimum atomic E-state index is -0.222. The molecule has 2 amide bonds. The number of aromatic hydroxyl groups is 1. The summed E-state index contributed by atoms with van der Waals surface area (Å²) in [6, 6.07) is 4.91. The highest BCUT2D eigenvalue weighted by Gasteiger charge is 2.67. The predicted octanol–water partition coefficient (Wildman–Crippen LogP) is 2.54. The van der Waals surface area contributed by atoms with Crippen LogP contribution in [0.4, 0.5) is 0 Å². The summed E-state index contributed by atoms with van der Waals surface area (Å²) in [6.45, 7) is 0. The van der Waals surface area contributed by atoms with E-state index >= 15 is 0 Å². The maximum absolute atomic E-state index is 12.8. The molecule has 24 heavy (non-hydrogen) atoms. The van der Waals surface area contributed by atoms with Crippen molar-refractivity contribution in [3.63, 3.8) is 0 Å². The van der Waals surface area contributed by atoms with Crippen molar-refractivity contribution in [2.24, 2.45) is 40.6 Å². The number of amides is 2. The number of halogens is 1. The number of phenolic OH excluding ortho intramolecular Hbond substituents is 1. The van der Waals surface area contributed by atoms with Crippen LogP contribution in [0.2, 0.25) is 0 Å². The Bertz CT molecular complexity index is 798. The van der Waals surface area contributed by atoms with Crippen molar-refractivity contribution in [2.45, 2.75) is 6.42 Å². The fraction of sp³-hybridized carbons (Fsp3) is 0.389. The zero-order chi connectivity index (χ0) is 16.6. The molecular formula is C18H15BrN2O3. The van der Waals surface area contributed by atoms with Crippen molar-refractivity contribution in [3.05, 3.63) is 40.4 Å². The van der Waals surface area contributed by atoms with Gasteiger partial charge in [0.05, 0.1) is 22.5 Å². The lowest BCUT2D eigenvalue weighted by Crippen LogP contribution is -2.40. The number of carbonyl (C=O) groups excluding carboxylic acids is 2. The van der Waals surface area contributed by atoms with E-state index in [9.17, 15) is 14.7 Å². The molecule has 1 aromatic carbocycles. The van der Waals surface area contributed by atoms with E-state index in [-0.39, 0.29) is 41.2 Å². The number of benzene rings is 1. The van der Waals surface area contributed by atoms with Crippen LogP contribution < -0.4 is 0 Å². The lowest BCUT2D eigenvalue weighted by atomic mass is 9.63. The van der Waals surface area contributed by atoms with Crippen LogP contribution in [0.1, 0.15) is 12.0 Å². The third-order valence-corrected chi connectivity index (χ3v) is 6.57. The third-order valence-electron chi connectivity index (χ3n) is 5.93. The van der Waals surface area contributed by atoms with Crippen LogP contribution in [0, 0.1) is 35.5 Å². The standard InChI is InChI=1S/C18H15BrN2O3/c19-13-5-8(1-4-14(13)22)7-20-21-17(23)15-9-2-3-10(12-6-11(9)12)16(15)18(21)24/h1-5,7,9-12,15-16,22H,6H2/b20-7-/t9-,10-,11-,12-,15+,16+/m1/s1. The Balaban J connectivity index is 1.44. The van der Waals surface area contributed by atoms with Crippen LogP contribution >= 0.6 is 15.9 Å². The van der Waals surface area contributed by atoms with Gasteiger partial charge in [-0.15, -0.1) is 0 Å². The molecule has 0 spiro atoms. The molecule has 0 radical (unpaired) electrons. The van der Waals surface area contributed by atoms with Crippen molar-refractivity contribution in [1.29, 1.82) is 0 Å². The van der Waals surface area contributed by atoms with Crippen LogP contribution in [0.25, 0.3) is 0 Å². The largest absolute Gasteiger partial charge is 0.507 e. The van der Waals surface area contributed by atoms with Crippen LogP contribution in [0.15, 0.2) is 39.9 Å². The van der Waals surface area contributed by atoms with Crippen molar-refractivity contribution in [3.8, 4) is 5.75 Å². The quantitative estimate of drug-likeness (QED) is 0.482. The second-order valence-corrected chi connectivity index (χ2v) is 7.95. The van der Waals surface area contributed by atoms with Crippen LogP contribution in [0.5, 0.6) is 5.75 Å². The molecule has 1 aliphatic heterocycles. The molecule has 5 nitrogen and oxygen atoms in total. The van der Waals surface area contributed by atoms with Crippen molar-refractivity contribution < 1.29 is 14.7 Å². The Hall–Kier alpha value is -1.95. The van der Waals surface area contributed by atoms with E-state index in [1.807, 2.05) is 0 Å². The van der Waals surface area contributed by atoms with Gasteiger partial charge in [0.15, 0.2) is 0 Å². The van der Waals surface area contributed by atoms with Crippen LogP contribution in [-0.4, -0.2) is 28.1 Å². The van der Waals surface area contributed by atoms with E-state index in [2.05, 4.69) is 33.2 Å². The van der Waals surface area contributed by atoms with E-state index < -0.39 is 0 Å². The van der Waals surface area contributed by atoms with Gasteiger partial charge in [0.1, 0.15) is 5.75 Å². The average Bonchev–Trinajstić information content (AvgIpc) is 3.35. The van der Waals surface area contributed by atoms with Crippen molar-refractivity contribution in [2.75, 3.05) is 0 Å². The number of rotatable bonds is 2. The molecule has 4 aliphatic carbocycles. The highest BCUT2D eigenvalue weighted by Crippen LogP contribution is 2.65. The van der Waals surface area contributed by atoms with Crippen molar-refractivity contribution in [1.82, 2.24) is 5.01 Å². The summed E-state index contributed by atoms with van der Waals surface area (Å²) in [7, 11) is 0. The topological polar surface area (TPSA) is 70.0 Å². The van der Waals surface area contributed by atoms with Gasteiger partial charge in [0, 0.05) is 0 Å². The second-order valence-electron chi connectivity index (χ2n) is 7.10. The normalized spacial score (nSPS) is 38.8. The van der Waals surface area contributed by atoms with Gasteiger partial charge < -0.3 is 5.11 Å². The Morgan fingerprint density at radius 1 is 1.12 bits per heavy atom. The molecule has 3 fully saturated rings. The third kappa shape index (κ3) is 1.83. The molecule has 5 aliphatic rings. The summed E-state index contributed by atoms with van der Waals surface area (Å²) in [5.41, 5.74) is 0.707. The number of carbonyl (C=O) groups is 2. The maximum atomic E-state index is 12.8. The Labute approximate surface area is 147 Å². The Morgan fingerprint density at radius 2 is 1.75 bits per heavy atom. The molecule has 2 bridgehead atoms. The SMILES string of the molecule is O=C1[C@H]2[C@@H]3C=C[C@H]([C@H]4C[C@H]34)[C@@H]2C(=O)N1/N=C\c1ccc(O)c(Br)c1. The molecule has 1 N–H and O–H groups in total. The average molecular weight is 387 g/mol. The molecular weight excluding hydrogens is 372 g/mol. The Morgan fingerprint density at radius 3 is 2.33 bits per heavy atom. The highest BCUT2D eigenvalue weighted by atomic mass is 79.9. The molecule has 1 heterocycles. The summed E-state index contributed by atoms with van der Waals surface area (Å²) in [4.78, 5) is 25.5. The second kappa shape index (κ2) is 4.79. The van der Waals surface area contributed by atoms with Gasteiger partial charge in [-0.25, -0.2) is 0 Å². The lowest BCUT2D eigenvalue weighted by molar-refractivity contribution is -0.140. The van der Waals surface area contributed by atoms with Gasteiger partial charge >= 0.3 is 0 Å². The molecule has 122 valence electrons. The molecule has 6 rings (SSSR count). The highest BCUT2D eigenvalue weighted by molar-refractivity contribution is 9.10. The number of hydrogen-bond acceptors (Lipinski definition) is 4. The minimum Gasteiger partial charge on any atom is -0.507 e. The van der Waals surface area contributed by atoms with Gasteiger partial charge in [-0.1, -0.05) is 12.2 Å². The zero-order valence-electron chi connectivity index (χ0n) is 12.7. The monoisotopic (exact) mass is 386 g/mol. The molecule has 1 saturated heterocycles. The fourth-order valence-corrected chi connectivity index (χ4v) is 5.18. The van der Waals surface area contributed by atoms with Gasteiger partial charge in [0.2, 0.25) is 0 Å². The number of nitrogens with zero attached hydrogens (tertiary/aromatic N) is 2. The Kier molecular flexibility index (Phi) is 2.87. The van der Waals surface area contributed by atoms with E-state index in [1.54, 1.807) is 12.1 Å². The summed E-state index contributed by atoms with van der Waals surface area (Å²) >= 11 is 3.24. The van der Waals surface area contributed by atoms with E-state index in [1.165, 1.54) is 12.3 Å². The van der Waals surface area contributed by atoms with E-state index in [0.29, 0.717) is 21.9 Å². The minimum absolute atomic E-state index is 0.133. The summed E-state index contributed by atoms with van der Waals surface area (Å²) < 4.78 is 0.543. The van der Waals surface area contributed by atoms with E-state index in [4.69, 9.17) is 0 Å². The first-order chi connectivity index (χ1) is 11.6. The molecule has 0 aromatic heterocycles. The maximum Gasteiger partial charge on any atom is 0.254 e.